The molecule has 8 heavy (non-hydrogen) atoms. The minimum atomic E-state index is 0. The van der Waals surface area contributed by atoms with Crippen LogP contribution < -0.4 is 0 Å². The van der Waals surface area contributed by atoms with Crippen molar-refractivity contribution in [2.24, 2.45) is 0 Å². The first-order valence-corrected chi connectivity index (χ1v) is 0. The molecule has 0 aliphatic rings. The number of rotatable bonds is 0. The Balaban J connectivity index is 0. The van der Waals surface area contributed by atoms with Crippen molar-refractivity contribution in [3.8, 4) is 0 Å². The zero-order valence-electron chi connectivity index (χ0n) is 4.62. The summed E-state index contributed by atoms with van der Waals surface area (Å²) in [6, 6.07) is 0. The molecule has 0 saturated heterocycles. The van der Waals surface area contributed by atoms with Gasteiger partial charge in [-0.25, -0.2) is 0 Å². The average Bonchev–Trinajstić information content (AvgIpc) is 0. The molecule has 0 aromatic heterocycles. The first kappa shape index (κ1) is 56.5. The third kappa shape index (κ3) is 37.0. The van der Waals surface area contributed by atoms with Gasteiger partial charge in [0.2, 0.25) is 0 Å². The van der Waals surface area contributed by atoms with E-state index >= 15 is 0 Å². The van der Waals surface area contributed by atoms with Crippen molar-refractivity contribution in [3.63, 3.8) is 0 Å². The quantitative estimate of drug-likeness (QED) is 0.267. The molecule has 18 radical (unpaired) electrons. The average molecular weight is 991 g/mol. The van der Waals surface area contributed by atoms with Crippen LogP contribution in [-0.2, 0) is 0 Å². The number of hydrogen-bond donors (Lipinski definition) is 0. The summed E-state index contributed by atoms with van der Waals surface area (Å²) < 4.78 is 0. The zero-order valence-corrected chi connectivity index (χ0v) is 32.0. The zero-order chi connectivity index (χ0) is 0. The van der Waals surface area contributed by atoms with Crippen molar-refractivity contribution in [3.05, 3.63) is 0 Å². The van der Waals surface area contributed by atoms with Gasteiger partial charge in [-0.15, -0.1) is 0 Å². The number of hydrogen-bond acceptors (Lipinski definition) is 0. The predicted octanol–water partition coefficient (Wildman–Crippen LogP) is -1.90. The molecular formula is In5La3. The molecule has 0 bridgehead atoms. The molecule has 0 saturated carbocycles. The SMILES string of the molecule is [In].[In].[In].[In].[In].[La].[La].[La]. The summed E-state index contributed by atoms with van der Waals surface area (Å²) in [4.78, 5) is 0. The molecule has 24 valence electrons. The van der Waals surface area contributed by atoms with Crippen LogP contribution in [0.3, 0.4) is 0 Å². The van der Waals surface area contributed by atoms with Gasteiger partial charge in [-0.1, -0.05) is 0 Å². The minimum absolute atomic E-state index is 0. The van der Waals surface area contributed by atoms with Crippen LogP contribution in [0.2, 0.25) is 0 Å². The first-order valence-electron chi connectivity index (χ1n) is 0. The van der Waals surface area contributed by atoms with Crippen LogP contribution in [-0.4, -0.2) is 129 Å². The van der Waals surface area contributed by atoms with E-state index in [-0.39, 0.29) is 236 Å². The Bertz CT molecular complexity index is 7.64. The summed E-state index contributed by atoms with van der Waals surface area (Å²) in [5, 5.41) is 0. The summed E-state index contributed by atoms with van der Waals surface area (Å²) in [6.07, 6.45) is 0. The van der Waals surface area contributed by atoms with E-state index in [0.29, 0.717) is 0 Å². The van der Waals surface area contributed by atoms with Crippen molar-refractivity contribution in [2.75, 3.05) is 0 Å². The molecule has 0 nitrogen and oxygen atoms in total. The Hall–Kier alpha value is 7.94. The van der Waals surface area contributed by atoms with Gasteiger partial charge in [0.25, 0.3) is 0 Å². The fourth-order valence-corrected chi connectivity index (χ4v) is 0. The Morgan fingerprint density at radius 3 is 0.250 bits per heavy atom. The molecule has 8 heteroatoms. The van der Waals surface area contributed by atoms with Crippen LogP contribution in [0.4, 0.5) is 0 Å². The van der Waals surface area contributed by atoms with E-state index in [4.69, 9.17) is 0 Å². The Morgan fingerprint density at radius 2 is 0.250 bits per heavy atom. The summed E-state index contributed by atoms with van der Waals surface area (Å²) >= 11 is 0. The van der Waals surface area contributed by atoms with E-state index in [2.05, 4.69) is 0 Å². The van der Waals surface area contributed by atoms with Crippen molar-refractivity contribution in [2.45, 2.75) is 0 Å². The van der Waals surface area contributed by atoms with Crippen LogP contribution >= 0.6 is 0 Å². The molecule has 0 unspecified atom stereocenters. The molecule has 0 heterocycles. The molecule has 0 atom stereocenters. The second-order valence-electron chi connectivity index (χ2n) is 0. The molecule has 0 aromatic carbocycles. The summed E-state index contributed by atoms with van der Waals surface area (Å²) in [6.45, 7) is 0. The van der Waals surface area contributed by atoms with Gasteiger partial charge in [-0.3, -0.25) is 0 Å². The van der Waals surface area contributed by atoms with Crippen molar-refractivity contribution < 1.29 is 107 Å². The molecule has 0 aliphatic carbocycles. The molecule has 0 amide bonds. The standard InChI is InChI=1S/5In.3La. The Morgan fingerprint density at radius 1 is 0.250 bits per heavy atom. The van der Waals surface area contributed by atoms with Gasteiger partial charge in [-0.05, 0) is 0 Å². The van der Waals surface area contributed by atoms with Crippen LogP contribution in [0.5, 0.6) is 0 Å². The van der Waals surface area contributed by atoms with Gasteiger partial charge < -0.3 is 0 Å². The van der Waals surface area contributed by atoms with Gasteiger partial charge >= 0.3 is 0 Å². The largest absolute Gasteiger partial charge is 0 e. The Kier molecular flexibility index (Phi) is 325. The fraction of sp³-hybridized carbons (Fsp3) is 0. The minimum Gasteiger partial charge on any atom is 0 e. The van der Waals surface area contributed by atoms with Gasteiger partial charge in [0, 0.05) is 236 Å². The second-order valence-corrected chi connectivity index (χ2v) is 0. The van der Waals surface area contributed by atoms with Gasteiger partial charge in [0.05, 0.1) is 0 Å². The monoisotopic (exact) mass is 991 g/mol. The summed E-state index contributed by atoms with van der Waals surface area (Å²) in [5.74, 6) is 0. The first-order chi connectivity index (χ1) is 0. The summed E-state index contributed by atoms with van der Waals surface area (Å²) in [5.41, 5.74) is 0. The predicted molar refractivity (Wildman–Crippen MR) is 28.8 cm³/mol. The van der Waals surface area contributed by atoms with Crippen molar-refractivity contribution in [1.82, 2.24) is 0 Å². The van der Waals surface area contributed by atoms with E-state index in [9.17, 15) is 0 Å². The van der Waals surface area contributed by atoms with Crippen LogP contribution in [0.25, 0.3) is 0 Å². The van der Waals surface area contributed by atoms with E-state index in [1.54, 1.807) is 0 Å². The molecular weight excluding hydrogens is 991 g/mol. The maximum Gasteiger partial charge on any atom is 0 e. The topological polar surface area (TPSA) is 0 Å². The van der Waals surface area contributed by atoms with Gasteiger partial charge in [0.1, 0.15) is 0 Å². The van der Waals surface area contributed by atoms with E-state index < -0.39 is 0 Å². The van der Waals surface area contributed by atoms with Crippen molar-refractivity contribution >= 4 is 129 Å². The third-order valence-electron chi connectivity index (χ3n) is 0. The van der Waals surface area contributed by atoms with Gasteiger partial charge in [0.15, 0.2) is 0 Å². The summed E-state index contributed by atoms with van der Waals surface area (Å²) in [7, 11) is 0. The van der Waals surface area contributed by atoms with Crippen LogP contribution in [0.15, 0.2) is 0 Å². The molecule has 0 aliphatic heterocycles. The molecule has 0 spiro atoms. The maximum absolute atomic E-state index is 0. The maximum atomic E-state index is 0. The van der Waals surface area contributed by atoms with Crippen LogP contribution in [0, 0.1) is 107 Å². The van der Waals surface area contributed by atoms with E-state index in [1.165, 1.54) is 0 Å². The third-order valence-corrected chi connectivity index (χ3v) is 0. The van der Waals surface area contributed by atoms with Crippen LogP contribution in [0.1, 0.15) is 0 Å². The smallest absolute Gasteiger partial charge is 0 e. The molecule has 0 rings (SSSR count). The van der Waals surface area contributed by atoms with Crippen molar-refractivity contribution in [1.29, 1.82) is 0 Å². The van der Waals surface area contributed by atoms with E-state index in [0.717, 1.165) is 0 Å². The van der Waals surface area contributed by atoms with E-state index in [1.807, 2.05) is 0 Å². The fourth-order valence-electron chi connectivity index (χ4n) is 0. The molecule has 0 aromatic rings. The second kappa shape index (κ2) is 46.1. The Labute approximate surface area is 228 Å². The van der Waals surface area contributed by atoms with Gasteiger partial charge in [-0.2, -0.15) is 0 Å². The normalized spacial score (nSPS) is 0. The molecule has 0 fully saturated rings. The molecule has 0 N–H and O–H groups in total.